The molecule has 0 aliphatic heterocycles. The van der Waals surface area contributed by atoms with E-state index in [0.29, 0.717) is 13.0 Å². The average molecular weight is 285 g/mol. The summed E-state index contributed by atoms with van der Waals surface area (Å²) in [6, 6.07) is -0.0000293. The van der Waals surface area contributed by atoms with Gasteiger partial charge in [-0.3, -0.25) is 4.79 Å². The van der Waals surface area contributed by atoms with Gasteiger partial charge in [0.1, 0.15) is 0 Å². The Balaban J connectivity index is 2.81. The van der Waals surface area contributed by atoms with Gasteiger partial charge < -0.3 is 15.2 Å². The van der Waals surface area contributed by atoms with Crippen LogP contribution in [0.2, 0.25) is 0 Å². The van der Waals surface area contributed by atoms with E-state index in [-0.39, 0.29) is 42.0 Å². The summed E-state index contributed by atoms with van der Waals surface area (Å²) >= 11 is 0. The third-order valence-electron chi connectivity index (χ3n) is 4.72. The van der Waals surface area contributed by atoms with Crippen molar-refractivity contribution in [2.75, 3.05) is 6.61 Å². The zero-order chi connectivity index (χ0) is 15.3. The Bertz CT molecular complexity index is 304. The minimum atomic E-state index is -0.138. The van der Waals surface area contributed by atoms with Crippen LogP contribution in [0.4, 0.5) is 0 Å². The Hall–Kier alpha value is -0.610. The van der Waals surface area contributed by atoms with Crippen molar-refractivity contribution >= 4 is 5.97 Å². The van der Waals surface area contributed by atoms with Crippen molar-refractivity contribution in [1.29, 1.82) is 0 Å². The van der Waals surface area contributed by atoms with E-state index in [1.165, 1.54) is 0 Å². The lowest BCUT2D eigenvalue weighted by Gasteiger charge is -2.43. The van der Waals surface area contributed by atoms with Gasteiger partial charge in [0.25, 0.3) is 0 Å². The number of ether oxygens (including phenoxy) is 2. The lowest BCUT2D eigenvalue weighted by atomic mass is 9.70. The van der Waals surface area contributed by atoms with Crippen molar-refractivity contribution in [2.24, 2.45) is 23.5 Å². The average Bonchev–Trinajstić information content (AvgIpc) is 2.43. The molecule has 0 radical (unpaired) electrons. The molecular weight excluding hydrogens is 254 g/mol. The molecule has 118 valence electrons. The summed E-state index contributed by atoms with van der Waals surface area (Å²) in [4.78, 5) is 12.1. The fourth-order valence-corrected chi connectivity index (χ4v) is 3.19. The molecule has 1 saturated carbocycles. The Kier molecular flexibility index (Phi) is 6.96. The van der Waals surface area contributed by atoms with Crippen LogP contribution in [0.3, 0.4) is 0 Å². The molecule has 0 heterocycles. The third-order valence-corrected chi connectivity index (χ3v) is 4.72. The van der Waals surface area contributed by atoms with E-state index in [9.17, 15) is 4.79 Å². The van der Waals surface area contributed by atoms with Crippen molar-refractivity contribution in [3.63, 3.8) is 0 Å². The topological polar surface area (TPSA) is 61.5 Å². The second kappa shape index (κ2) is 7.99. The first kappa shape index (κ1) is 17.4. The molecular formula is C16H31NO3. The van der Waals surface area contributed by atoms with Crippen LogP contribution in [0, 0.1) is 17.8 Å². The van der Waals surface area contributed by atoms with Gasteiger partial charge in [0.05, 0.1) is 24.7 Å². The largest absolute Gasteiger partial charge is 0.466 e. The van der Waals surface area contributed by atoms with Crippen LogP contribution in [0.15, 0.2) is 0 Å². The second-order valence-electron chi connectivity index (χ2n) is 6.02. The highest BCUT2D eigenvalue weighted by molar-refractivity contribution is 5.73. The standard InChI is InChI=1S/C16H31NO3/c1-6-12(7-2)20-15-10(4)13(16(18)19-8-3)9-14(17)11(15)5/h10-15H,6-9,17H2,1-5H3/t10-,11-,13-,14+,15?/m1/s1. The smallest absolute Gasteiger partial charge is 0.309 e. The monoisotopic (exact) mass is 285 g/mol. The lowest BCUT2D eigenvalue weighted by molar-refractivity contribution is -0.161. The highest BCUT2D eigenvalue weighted by Crippen LogP contribution is 2.37. The van der Waals surface area contributed by atoms with Crippen LogP contribution in [-0.2, 0) is 14.3 Å². The van der Waals surface area contributed by atoms with Gasteiger partial charge >= 0.3 is 5.97 Å². The maximum absolute atomic E-state index is 12.1. The normalized spacial score (nSPS) is 34.2. The summed E-state index contributed by atoms with van der Waals surface area (Å²) in [5.74, 6) is 0.168. The summed E-state index contributed by atoms with van der Waals surface area (Å²) < 4.78 is 11.4. The zero-order valence-electron chi connectivity index (χ0n) is 13.6. The first-order chi connectivity index (χ1) is 9.46. The second-order valence-corrected chi connectivity index (χ2v) is 6.02. The summed E-state index contributed by atoms with van der Waals surface area (Å²) in [7, 11) is 0. The predicted molar refractivity (Wildman–Crippen MR) is 80.3 cm³/mol. The van der Waals surface area contributed by atoms with Crippen molar-refractivity contribution in [3.8, 4) is 0 Å². The van der Waals surface area contributed by atoms with Crippen LogP contribution >= 0.6 is 0 Å². The van der Waals surface area contributed by atoms with Gasteiger partial charge in [-0.05, 0) is 38.0 Å². The summed E-state index contributed by atoms with van der Waals surface area (Å²) in [6.45, 7) is 10.8. The van der Waals surface area contributed by atoms with E-state index in [1.54, 1.807) is 0 Å². The van der Waals surface area contributed by atoms with Gasteiger partial charge in [-0.1, -0.05) is 27.7 Å². The number of esters is 1. The fraction of sp³-hybridized carbons (Fsp3) is 0.938. The molecule has 0 aromatic heterocycles. The Labute approximate surface area is 123 Å². The summed E-state index contributed by atoms with van der Waals surface area (Å²) in [5, 5.41) is 0. The molecule has 2 N–H and O–H groups in total. The van der Waals surface area contributed by atoms with Crippen LogP contribution in [0.1, 0.15) is 53.9 Å². The minimum absolute atomic E-state index is 0.0000293. The van der Waals surface area contributed by atoms with Crippen LogP contribution < -0.4 is 5.73 Å². The Morgan fingerprint density at radius 1 is 1.20 bits per heavy atom. The van der Waals surface area contributed by atoms with Gasteiger partial charge in [0.15, 0.2) is 0 Å². The molecule has 4 heteroatoms. The lowest BCUT2D eigenvalue weighted by Crippen LogP contribution is -2.52. The molecule has 1 aliphatic carbocycles. The molecule has 0 aromatic carbocycles. The van der Waals surface area contributed by atoms with Gasteiger partial charge in [-0.2, -0.15) is 0 Å². The molecule has 1 fully saturated rings. The van der Waals surface area contributed by atoms with Gasteiger partial charge in [-0.25, -0.2) is 0 Å². The van der Waals surface area contributed by atoms with Gasteiger partial charge in [-0.15, -0.1) is 0 Å². The maximum atomic E-state index is 12.1. The van der Waals surface area contributed by atoms with E-state index in [1.807, 2.05) is 6.92 Å². The number of hydrogen-bond donors (Lipinski definition) is 1. The van der Waals surface area contributed by atoms with Crippen LogP contribution in [0.5, 0.6) is 0 Å². The molecule has 0 aromatic rings. The van der Waals surface area contributed by atoms with Crippen molar-refractivity contribution in [3.05, 3.63) is 0 Å². The quantitative estimate of drug-likeness (QED) is 0.762. The number of nitrogens with two attached hydrogens (primary N) is 1. The molecule has 0 spiro atoms. The molecule has 1 rings (SSSR count). The first-order valence-corrected chi connectivity index (χ1v) is 8.03. The van der Waals surface area contributed by atoms with E-state index in [0.717, 1.165) is 12.8 Å². The minimum Gasteiger partial charge on any atom is -0.466 e. The van der Waals surface area contributed by atoms with Gasteiger partial charge in [0.2, 0.25) is 0 Å². The van der Waals surface area contributed by atoms with Crippen LogP contribution in [0.25, 0.3) is 0 Å². The number of rotatable bonds is 6. The molecule has 5 atom stereocenters. The zero-order valence-corrected chi connectivity index (χ0v) is 13.6. The Morgan fingerprint density at radius 2 is 1.80 bits per heavy atom. The highest BCUT2D eigenvalue weighted by atomic mass is 16.5. The number of hydrogen-bond acceptors (Lipinski definition) is 4. The van der Waals surface area contributed by atoms with Gasteiger partial charge in [0, 0.05) is 6.04 Å². The third kappa shape index (κ3) is 3.95. The SMILES string of the molecule is CCOC(=O)[C@@H]1C[C@H](N)[C@@H](C)C(OC(CC)CC)[C@@H]1C. The van der Waals surface area contributed by atoms with Crippen molar-refractivity contribution < 1.29 is 14.3 Å². The molecule has 0 bridgehead atoms. The predicted octanol–water partition coefficient (Wildman–Crippen LogP) is 2.74. The maximum Gasteiger partial charge on any atom is 0.309 e. The van der Waals surface area contributed by atoms with E-state index >= 15 is 0 Å². The fourth-order valence-electron chi connectivity index (χ4n) is 3.19. The van der Waals surface area contributed by atoms with E-state index < -0.39 is 0 Å². The molecule has 1 unspecified atom stereocenters. The number of carbonyl (C=O) groups excluding carboxylic acids is 1. The summed E-state index contributed by atoms with van der Waals surface area (Å²) in [5.41, 5.74) is 6.23. The molecule has 4 nitrogen and oxygen atoms in total. The number of carbonyl (C=O) groups is 1. The summed E-state index contributed by atoms with van der Waals surface area (Å²) in [6.07, 6.45) is 2.97. The molecule has 20 heavy (non-hydrogen) atoms. The Morgan fingerprint density at radius 3 is 2.30 bits per heavy atom. The molecule has 1 aliphatic rings. The van der Waals surface area contributed by atoms with E-state index in [4.69, 9.17) is 15.2 Å². The van der Waals surface area contributed by atoms with Crippen molar-refractivity contribution in [2.45, 2.75) is 72.1 Å². The first-order valence-electron chi connectivity index (χ1n) is 8.03. The molecule has 0 saturated heterocycles. The molecule has 0 amide bonds. The van der Waals surface area contributed by atoms with Crippen LogP contribution in [-0.4, -0.2) is 30.8 Å². The van der Waals surface area contributed by atoms with E-state index in [2.05, 4.69) is 27.7 Å². The van der Waals surface area contributed by atoms with Crippen molar-refractivity contribution in [1.82, 2.24) is 0 Å². The highest BCUT2D eigenvalue weighted by Gasteiger charge is 2.44.